The van der Waals surface area contributed by atoms with Crippen LogP contribution < -0.4 is 26.8 Å². The molecular weight excluding hydrogens is 552 g/mol. The van der Waals surface area contributed by atoms with Gasteiger partial charge in [-0.25, -0.2) is 4.98 Å². The van der Waals surface area contributed by atoms with Crippen molar-refractivity contribution in [1.82, 2.24) is 31.2 Å². The third-order valence-corrected chi connectivity index (χ3v) is 7.32. The molecule has 0 radical (unpaired) electrons. The van der Waals surface area contributed by atoms with E-state index in [4.69, 9.17) is 4.42 Å². The molecule has 0 spiro atoms. The molecule has 5 N–H and O–H groups in total. The smallest absolute Gasteiger partial charge is 0.273 e. The lowest BCUT2D eigenvalue weighted by atomic mass is 10.00. The van der Waals surface area contributed by atoms with E-state index in [1.165, 1.54) is 18.4 Å². The molecule has 4 rings (SSSR count). The molecule has 0 aliphatic carbocycles. The second kappa shape index (κ2) is 14.4. The van der Waals surface area contributed by atoms with E-state index < -0.39 is 41.8 Å². The number of carbonyl (C=O) groups is 4. The number of aryl methyl sites for hydroxylation is 1. The Bertz CT molecular complexity index is 1500. The number of carbonyl (C=O) groups excluding carboxylic acids is 4. The Morgan fingerprint density at radius 2 is 1.79 bits per heavy atom. The number of amides is 4. The van der Waals surface area contributed by atoms with Gasteiger partial charge in [-0.05, 0) is 43.2 Å². The van der Waals surface area contributed by atoms with E-state index in [9.17, 15) is 24.0 Å². The summed E-state index contributed by atoms with van der Waals surface area (Å²) in [5, 5.41) is 11.4. The monoisotopic (exact) mass is 590 g/mol. The van der Waals surface area contributed by atoms with E-state index >= 15 is 0 Å². The van der Waals surface area contributed by atoms with Crippen LogP contribution in [0.25, 0.3) is 0 Å². The van der Waals surface area contributed by atoms with Crippen LogP contribution in [0.15, 0.2) is 57.9 Å². The topological polar surface area (TPSA) is 175 Å². The summed E-state index contributed by atoms with van der Waals surface area (Å²) in [7, 11) is 0. The highest BCUT2D eigenvalue weighted by Crippen LogP contribution is 2.20. The molecule has 0 saturated heterocycles. The Hall–Kier alpha value is -4.74. The van der Waals surface area contributed by atoms with Crippen molar-refractivity contribution in [2.75, 3.05) is 6.54 Å². The van der Waals surface area contributed by atoms with Gasteiger partial charge in [0.25, 0.3) is 11.8 Å². The fourth-order valence-corrected chi connectivity index (χ4v) is 4.93. The third-order valence-electron chi connectivity index (χ3n) is 7.32. The maximum atomic E-state index is 13.6. The minimum absolute atomic E-state index is 0.0980. The number of nitrogens with one attached hydrogen (secondary N) is 5. The zero-order valence-electron chi connectivity index (χ0n) is 24.6. The molecule has 43 heavy (non-hydrogen) atoms. The van der Waals surface area contributed by atoms with Gasteiger partial charge in [-0.15, -0.1) is 0 Å². The highest BCUT2D eigenvalue weighted by molar-refractivity contribution is 5.99. The number of aromatic nitrogens is 2. The third kappa shape index (κ3) is 8.18. The van der Waals surface area contributed by atoms with Crippen molar-refractivity contribution in [1.29, 1.82) is 0 Å². The average molecular weight is 591 g/mol. The van der Waals surface area contributed by atoms with Crippen molar-refractivity contribution in [3.63, 3.8) is 0 Å². The van der Waals surface area contributed by atoms with Gasteiger partial charge in [0, 0.05) is 24.7 Å². The van der Waals surface area contributed by atoms with Gasteiger partial charge in [0.15, 0.2) is 5.69 Å². The van der Waals surface area contributed by atoms with Gasteiger partial charge >= 0.3 is 0 Å². The Morgan fingerprint density at radius 1 is 1.02 bits per heavy atom. The Morgan fingerprint density at radius 3 is 2.51 bits per heavy atom. The molecule has 1 aromatic carbocycles. The van der Waals surface area contributed by atoms with E-state index in [1.807, 2.05) is 51.1 Å². The molecule has 2 bridgehead atoms. The normalized spacial score (nSPS) is 20.2. The van der Waals surface area contributed by atoms with Crippen LogP contribution in [0.2, 0.25) is 0 Å². The van der Waals surface area contributed by atoms with Gasteiger partial charge in [0.2, 0.25) is 23.3 Å². The average Bonchev–Trinajstić information content (AvgIpc) is 3.49. The summed E-state index contributed by atoms with van der Waals surface area (Å²) in [5.41, 5.74) is 1.41. The van der Waals surface area contributed by atoms with Gasteiger partial charge in [-0.1, -0.05) is 51.1 Å². The predicted molar refractivity (Wildman–Crippen MR) is 158 cm³/mol. The number of hydrogen-bond acceptors (Lipinski definition) is 7. The predicted octanol–water partition coefficient (Wildman–Crippen LogP) is 2.18. The number of aromatic amines is 1. The molecule has 12 nitrogen and oxygen atoms in total. The molecule has 1 aliphatic heterocycles. The van der Waals surface area contributed by atoms with E-state index in [0.717, 1.165) is 5.56 Å². The number of H-pyrrole nitrogens is 1. The second-order valence-corrected chi connectivity index (χ2v) is 10.9. The fourth-order valence-electron chi connectivity index (χ4n) is 4.93. The van der Waals surface area contributed by atoms with Gasteiger partial charge in [-0.3, -0.25) is 24.0 Å². The molecule has 12 heteroatoms. The molecular formula is C31H38N6O6. The lowest BCUT2D eigenvalue weighted by Gasteiger charge is -2.27. The number of nitrogens with zero attached hydrogens (tertiary/aromatic N) is 1. The maximum absolute atomic E-state index is 13.6. The molecule has 228 valence electrons. The van der Waals surface area contributed by atoms with Crippen LogP contribution in [0.3, 0.4) is 0 Å². The number of rotatable bonds is 6. The first kappa shape index (κ1) is 31.2. The van der Waals surface area contributed by atoms with Crippen molar-refractivity contribution in [2.24, 2.45) is 5.92 Å². The van der Waals surface area contributed by atoms with E-state index in [-0.39, 0.29) is 35.0 Å². The van der Waals surface area contributed by atoms with Crippen molar-refractivity contribution in [3.05, 3.63) is 87.5 Å². The Labute approximate surface area is 249 Å². The fraction of sp³-hybridized carbons (Fsp3) is 0.419. The number of pyridine rings is 1. The molecule has 0 fully saturated rings. The van der Waals surface area contributed by atoms with Gasteiger partial charge in [0.05, 0.1) is 5.56 Å². The van der Waals surface area contributed by atoms with Crippen molar-refractivity contribution >= 4 is 23.6 Å². The zero-order chi connectivity index (χ0) is 30.9. The first-order valence-electron chi connectivity index (χ1n) is 14.6. The zero-order valence-corrected chi connectivity index (χ0v) is 24.6. The van der Waals surface area contributed by atoms with Crippen LogP contribution in [-0.4, -0.2) is 52.2 Å². The van der Waals surface area contributed by atoms with E-state index in [0.29, 0.717) is 37.9 Å². The van der Waals surface area contributed by atoms with Gasteiger partial charge in [-0.2, -0.15) is 0 Å². The maximum Gasteiger partial charge on any atom is 0.273 e. The number of fused-ring (bicyclic) bond motifs is 2. The second-order valence-electron chi connectivity index (χ2n) is 10.9. The van der Waals surface area contributed by atoms with Crippen molar-refractivity contribution < 1.29 is 23.6 Å². The van der Waals surface area contributed by atoms with Crippen LogP contribution in [0.5, 0.6) is 0 Å². The standard InChI is InChI=1S/C31H38N6O6/c1-4-21-20(13-14-25(38)33-21)27(39)34-22-12-8-9-15-32-28(40)24-17-43-31(36-24)23(16-19-10-6-5-7-11-19)35-30(42)26(18(2)3)37-29(22)41/h5-7,10-11,13-14,17-18,22-23,26H,4,8-9,12,15-16H2,1-3H3,(H,32,40)(H,33,38)(H,34,39)(H,35,42)(H,37,41)/t22-,23+,26-/m0/s1. The summed E-state index contributed by atoms with van der Waals surface area (Å²) in [6, 6.07) is 9.53. The summed E-state index contributed by atoms with van der Waals surface area (Å²) in [4.78, 5) is 72.0. The van der Waals surface area contributed by atoms with Crippen LogP contribution in [0.4, 0.5) is 0 Å². The Kier molecular flexibility index (Phi) is 10.5. The van der Waals surface area contributed by atoms with Crippen LogP contribution in [0.1, 0.15) is 84.1 Å². The highest BCUT2D eigenvalue weighted by atomic mass is 16.3. The summed E-state index contributed by atoms with van der Waals surface area (Å²) < 4.78 is 5.65. The van der Waals surface area contributed by atoms with E-state index in [2.05, 4.69) is 31.2 Å². The van der Waals surface area contributed by atoms with Gasteiger partial charge < -0.3 is 30.7 Å². The quantitative estimate of drug-likeness (QED) is 0.292. The van der Waals surface area contributed by atoms with Crippen molar-refractivity contribution in [2.45, 2.75) is 71.0 Å². The lowest BCUT2D eigenvalue weighted by molar-refractivity contribution is -0.131. The molecule has 0 saturated carbocycles. The number of hydrogen-bond donors (Lipinski definition) is 5. The summed E-state index contributed by atoms with van der Waals surface area (Å²) in [6.07, 6.45) is 3.30. The van der Waals surface area contributed by atoms with Crippen LogP contribution in [0, 0.1) is 5.92 Å². The molecule has 3 heterocycles. The molecule has 2 aromatic heterocycles. The number of benzene rings is 1. The number of oxazole rings is 1. The summed E-state index contributed by atoms with van der Waals surface area (Å²) >= 11 is 0. The highest BCUT2D eigenvalue weighted by Gasteiger charge is 2.32. The van der Waals surface area contributed by atoms with Crippen LogP contribution in [-0.2, 0) is 22.4 Å². The first-order valence-corrected chi connectivity index (χ1v) is 14.6. The molecule has 3 atom stereocenters. The van der Waals surface area contributed by atoms with Crippen molar-refractivity contribution in [3.8, 4) is 0 Å². The van der Waals surface area contributed by atoms with Gasteiger partial charge in [0.1, 0.15) is 24.4 Å². The van der Waals surface area contributed by atoms with E-state index in [1.54, 1.807) is 0 Å². The summed E-state index contributed by atoms with van der Waals surface area (Å²) in [6.45, 7) is 5.75. The largest absolute Gasteiger partial charge is 0.446 e. The first-order chi connectivity index (χ1) is 20.7. The molecule has 4 amide bonds. The van der Waals surface area contributed by atoms with Crippen LogP contribution >= 0.6 is 0 Å². The Balaban J connectivity index is 1.61. The molecule has 1 aliphatic rings. The summed E-state index contributed by atoms with van der Waals surface area (Å²) in [5.74, 6) is -2.03. The minimum atomic E-state index is -0.964. The SMILES string of the molecule is CCc1[nH]c(=O)ccc1C(=O)N[C@H]1CCCCNC(=O)c2coc(n2)[C@@H](Cc2ccccc2)NC(=O)[C@H](C(C)C)NC1=O. The lowest BCUT2D eigenvalue weighted by Crippen LogP contribution is -2.56. The minimum Gasteiger partial charge on any atom is -0.446 e. The molecule has 0 unspecified atom stereocenters. The molecule has 3 aromatic rings.